The van der Waals surface area contributed by atoms with Crippen molar-refractivity contribution in [2.24, 2.45) is 0 Å². The fourth-order valence-electron chi connectivity index (χ4n) is 1.50. The first-order valence-corrected chi connectivity index (χ1v) is 7.98. The molecule has 114 valence electrons. The maximum atomic E-state index is 12.1. The van der Waals surface area contributed by atoms with Gasteiger partial charge in [0.15, 0.2) is 0 Å². The van der Waals surface area contributed by atoms with E-state index in [1.54, 1.807) is 6.92 Å². The molecule has 0 aliphatic rings. The second-order valence-electron chi connectivity index (χ2n) is 4.23. The fraction of sp³-hybridized carbons (Fsp3) is 0.500. The van der Waals surface area contributed by atoms with E-state index in [0.717, 1.165) is 5.56 Å². The summed E-state index contributed by atoms with van der Waals surface area (Å²) >= 11 is 5.94. The summed E-state index contributed by atoms with van der Waals surface area (Å²) in [4.78, 5) is -0.0291. The number of sulfonamides is 1. The van der Waals surface area contributed by atoms with Gasteiger partial charge in [-0.15, -0.1) is 0 Å². The van der Waals surface area contributed by atoms with Crippen LogP contribution in [0.2, 0.25) is 5.02 Å². The number of aliphatic hydroxyl groups excluding tert-OH is 1. The first kappa shape index (κ1) is 17.2. The van der Waals surface area contributed by atoms with Crippen molar-refractivity contribution in [1.82, 2.24) is 4.72 Å². The van der Waals surface area contributed by atoms with Crippen LogP contribution in [0.15, 0.2) is 17.0 Å². The molecular formula is C12H19ClN2O4S. The van der Waals surface area contributed by atoms with Crippen molar-refractivity contribution in [3.63, 3.8) is 0 Å². The number of benzene rings is 1. The molecular weight excluding hydrogens is 304 g/mol. The Bertz CT molecular complexity index is 549. The summed E-state index contributed by atoms with van der Waals surface area (Å²) < 4.78 is 31.6. The predicted octanol–water partition coefficient (Wildman–Crippen LogP) is 0.908. The van der Waals surface area contributed by atoms with Gasteiger partial charge in [0.2, 0.25) is 10.0 Å². The Morgan fingerprint density at radius 3 is 2.75 bits per heavy atom. The summed E-state index contributed by atoms with van der Waals surface area (Å²) in [6, 6.07) is 2.87. The molecule has 20 heavy (non-hydrogen) atoms. The van der Waals surface area contributed by atoms with Gasteiger partial charge in [0, 0.05) is 18.8 Å². The standard InChI is InChI=1S/C12H19ClN2O4S/c1-9-7-10(13)12(8-11(9)14)20(17,18)15-3-2-5-19-6-4-16/h7-8,15-16H,2-6,14H2,1H3. The first-order valence-electron chi connectivity index (χ1n) is 6.12. The highest BCUT2D eigenvalue weighted by molar-refractivity contribution is 7.89. The number of aryl methyl sites for hydroxylation is 1. The van der Waals surface area contributed by atoms with Gasteiger partial charge in [-0.2, -0.15) is 0 Å². The molecule has 0 aliphatic carbocycles. The van der Waals surface area contributed by atoms with E-state index in [9.17, 15) is 8.42 Å². The van der Waals surface area contributed by atoms with Gasteiger partial charge in [-0.25, -0.2) is 13.1 Å². The summed E-state index contributed by atoms with van der Waals surface area (Å²) in [6.45, 7) is 2.53. The van der Waals surface area contributed by atoms with Gasteiger partial charge in [0.05, 0.1) is 18.2 Å². The molecule has 1 aromatic rings. The van der Waals surface area contributed by atoms with E-state index >= 15 is 0 Å². The highest BCUT2D eigenvalue weighted by Crippen LogP contribution is 2.26. The molecule has 1 aromatic carbocycles. The molecule has 0 atom stereocenters. The van der Waals surface area contributed by atoms with Gasteiger partial charge in [-0.1, -0.05) is 11.6 Å². The van der Waals surface area contributed by atoms with Crippen LogP contribution in [0.3, 0.4) is 0 Å². The minimum atomic E-state index is -3.69. The summed E-state index contributed by atoms with van der Waals surface area (Å²) in [5.74, 6) is 0. The summed E-state index contributed by atoms with van der Waals surface area (Å²) in [5.41, 5.74) is 6.81. The van der Waals surface area contributed by atoms with Gasteiger partial charge >= 0.3 is 0 Å². The molecule has 0 radical (unpaired) electrons. The van der Waals surface area contributed by atoms with Crippen LogP contribution < -0.4 is 10.5 Å². The maximum absolute atomic E-state index is 12.1. The van der Waals surface area contributed by atoms with Crippen molar-refractivity contribution in [2.75, 3.05) is 32.1 Å². The molecule has 0 fully saturated rings. The molecule has 8 heteroatoms. The lowest BCUT2D eigenvalue weighted by atomic mass is 10.2. The van der Waals surface area contributed by atoms with Crippen LogP contribution >= 0.6 is 11.6 Å². The molecule has 0 aliphatic heterocycles. The summed E-state index contributed by atoms with van der Waals surface area (Å²) in [6.07, 6.45) is 0.498. The van der Waals surface area contributed by atoms with Crippen molar-refractivity contribution < 1.29 is 18.3 Å². The Hall–Kier alpha value is -0.860. The van der Waals surface area contributed by atoms with Crippen LogP contribution in [0.25, 0.3) is 0 Å². The molecule has 0 bridgehead atoms. The van der Waals surface area contributed by atoms with Gasteiger partial charge in [0.25, 0.3) is 0 Å². The van der Waals surface area contributed by atoms with E-state index < -0.39 is 10.0 Å². The minimum absolute atomic E-state index is 0.0291. The van der Waals surface area contributed by atoms with Crippen LogP contribution in [0.1, 0.15) is 12.0 Å². The summed E-state index contributed by atoms with van der Waals surface area (Å²) in [5, 5.41) is 8.66. The third-order valence-corrected chi connectivity index (χ3v) is 4.53. The van der Waals surface area contributed by atoms with Gasteiger partial charge < -0.3 is 15.6 Å². The van der Waals surface area contributed by atoms with Crippen LogP contribution in [0.4, 0.5) is 5.69 Å². The highest BCUT2D eigenvalue weighted by atomic mass is 35.5. The maximum Gasteiger partial charge on any atom is 0.242 e. The lowest BCUT2D eigenvalue weighted by molar-refractivity contribution is 0.0913. The molecule has 6 nitrogen and oxygen atoms in total. The molecule has 0 saturated heterocycles. The van der Waals surface area contributed by atoms with Crippen LogP contribution in [-0.2, 0) is 14.8 Å². The normalized spacial score (nSPS) is 11.8. The number of rotatable bonds is 8. The zero-order valence-corrected chi connectivity index (χ0v) is 12.8. The third-order valence-electron chi connectivity index (χ3n) is 2.60. The molecule has 4 N–H and O–H groups in total. The number of hydrogen-bond donors (Lipinski definition) is 3. The number of ether oxygens (including phenoxy) is 1. The van der Waals surface area contributed by atoms with Crippen molar-refractivity contribution in [1.29, 1.82) is 0 Å². The minimum Gasteiger partial charge on any atom is -0.398 e. The van der Waals surface area contributed by atoms with Gasteiger partial charge in [-0.05, 0) is 31.0 Å². The van der Waals surface area contributed by atoms with Crippen molar-refractivity contribution in [3.05, 3.63) is 22.7 Å². The Labute approximate surface area is 123 Å². The third kappa shape index (κ3) is 4.92. The number of nitrogens with two attached hydrogens (primary N) is 1. The van der Waals surface area contributed by atoms with Gasteiger partial charge in [0.1, 0.15) is 4.90 Å². The Morgan fingerprint density at radius 2 is 2.10 bits per heavy atom. The average Bonchev–Trinajstić information content (AvgIpc) is 2.37. The van der Waals surface area contributed by atoms with Crippen molar-refractivity contribution in [3.8, 4) is 0 Å². The lowest BCUT2D eigenvalue weighted by Crippen LogP contribution is -2.26. The molecule has 0 saturated carbocycles. The van der Waals surface area contributed by atoms with E-state index in [-0.39, 0.29) is 29.7 Å². The fourth-order valence-corrected chi connectivity index (χ4v) is 3.19. The zero-order valence-electron chi connectivity index (χ0n) is 11.2. The average molecular weight is 323 g/mol. The first-order chi connectivity index (χ1) is 9.38. The molecule has 0 amide bonds. The highest BCUT2D eigenvalue weighted by Gasteiger charge is 2.18. The SMILES string of the molecule is Cc1cc(Cl)c(S(=O)(=O)NCCCOCCO)cc1N. The number of aliphatic hydroxyl groups is 1. The lowest BCUT2D eigenvalue weighted by Gasteiger charge is -2.10. The molecule has 0 heterocycles. The van der Waals surface area contributed by atoms with E-state index in [0.29, 0.717) is 18.7 Å². The van der Waals surface area contributed by atoms with E-state index in [1.807, 2.05) is 0 Å². The second-order valence-corrected chi connectivity index (χ2v) is 6.37. The van der Waals surface area contributed by atoms with Crippen LogP contribution in [0.5, 0.6) is 0 Å². The topological polar surface area (TPSA) is 102 Å². The Kier molecular flexibility index (Phi) is 6.70. The van der Waals surface area contributed by atoms with Crippen LogP contribution in [0, 0.1) is 6.92 Å². The van der Waals surface area contributed by atoms with Gasteiger partial charge in [-0.3, -0.25) is 0 Å². The predicted molar refractivity (Wildman–Crippen MR) is 78.3 cm³/mol. The number of nitrogens with one attached hydrogen (secondary N) is 1. The number of halogens is 1. The second kappa shape index (κ2) is 7.80. The van der Waals surface area contributed by atoms with E-state index in [2.05, 4.69) is 4.72 Å². The Balaban J connectivity index is 2.63. The molecule has 1 rings (SSSR count). The largest absolute Gasteiger partial charge is 0.398 e. The molecule has 0 unspecified atom stereocenters. The summed E-state index contributed by atoms with van der Waals surface area (Å²) in [7, 11) is -3.69. The molecule has 0 aromatic heterocycles. The molecule has 0 spiro atoms. The van der Waals surface area contributed by atoms with Crippen molar-refractivity contribution >= 4 is 27.3 Å². The zero-order chi connectivity index (χ0) is 15.2. The van der Waals surface area contributed by atoms with Crippen LogP contribution in [-0.4, -0.2) is 39.9 Å². The van der Waals surface area contributed by atoms with E-state index in [4.69, 9.17) is 27.2 Å². The number of nitrogen functional groups attached to an aromatic ring is 1. The smallest absolute Gasteiger partial charge is 0.242 e. The van der Waals surface area contributed by atoms with Crippen molar-refractivity contribution in [2.45, 2.75) is 18.2 Å². The monoisotopic (exact) mass is 322 g/mol. The number of hydrogen-bond acceptors (Lipinski definition) is 5. The number of anilines is 1. The Morgan fingerprint density at radius 1 is 1.40 bits per heavy atom. The quantitative estimate of drug-likeness (QED) is 0.488. The van der Waals surface area contributed by atoms with E-state index in [1.165, 1.54) is 12.1 Å².